The Balaban J connectivity index is 2.05. The van der Waals surface area contributed by atoms with Crippen molar-refractivity contribution in [1.82, 2.24) is 9.88 Å². The third-order valence-corrected chi connectivity index (χ3v) is 2.99. The van der Waals surface area contributed by atoms with Crippen LogP contribution in [-0.2, 0) is 11.3 Å². The summed E-state index contributed by atoms with van der Waals surface area (Å²) in [4.78, 5) is 26.5. The van der Waals surface area contributed by atoms with E-state index in [1.54, 1.807) is 10.3 Å². The van der Waals surface area contributed by atoms with Crippen LogP contribution in [0.5, 0.6) is 0 Å². The first-order chi connectivity index (χ1) is 6.66. The van der Waals surface area contributed by atoms with Crippen LogP contribution in [0.1, 0.15) is 12.1 Å². The first-order valence-electron chi connectivity index (χ1n) is 4.38. The predicted molar refractivity (Wildman–Crippen MR) is 52.9 cm³/mol. The topological polar surface area (TPSA) is 79.2 Å². The van der Waals surface area contributed by atoms with Gasteiger partial charge in [-0.1, -0.05) is 11.3 Å². The van der Waals surface area contributed by atoms with E-state index in [0.29, 0.717) is 19.5 Å². The number of hydrogen-bond donors (Lipinski definition) is 2. The molecule has 0 aromatic carbocycles. The van der Waals surface area contributed by atoms with Gasteiger partial charge >= 0.3 is 4.87 Å². The number of hydrogen-bond acceptors (Lipinski definition) is 4. The van der Waals surface area contributed by atoms with Crippen molar-refractivity contribution < 1.29 is 4.79 Å². The fourth-order valence-corrected chi connectivity index (χ4v) is 2.09. The molecule has 2 rings (SSSR count). The number of H-pyrrole nitrogens is 1. The number of likely N-dealkylation sites (tertiary alicyclic amines) is 1. The van der Waals surface area contributed by atoms with Crippen LogP contribution in [0.3, 0.4) is 0 Å². The Morgan fingerprint density at radius 2 is 2.43 bits per heavy atom. The highest BCUT2D eigenvalue weighted by atomic mass is 32.1. The second-order valence-corrected chi connectivity index (χ2v) is 4.17. The highest BCUT2D eigenvalue weighted by Gasteiger charge is 2.28. The van der Waals surface area contributed by atoms with Gasteiger partial charge in [-0.2, -0.15) is 0 Å². The third kappa shape index (κ3) is 1.71. The van der Waals surface area contributed by atoms with Gasteiger partial charge < -0.3 is 15.6 Å². The molecule has 2 heterocycles. The van der Waals surface area contributed by atoms with Gasteiger partial charge in [-0.25, -0.2) is 0 Å². The zero-order valence-electron chi connectivity index (χ0n) is 7.53. The summed E-state index contributed by atoms with van der Waals surface area (Å²) in [6, 6.07) is -0.361. The fourth-order valence-electron chi connectivity index (χ4n) is 1.52. The molecule has 1 aromatic heterocycles. The van der Waals surface area contributed by atoms with E-state index in [2.05, 4.69) is 4.98 Å². The van der Waals surface area contributed by atoms with E-state index in [1.165, 1.54) is 0 Å². The minimum Gasteiger partial charge on any atom is -0.335 e. The normalized spacial score (nSPS) is 21.9. The lowest BCUT2D eigenvalue weighted by Gasteiger charge is -2.14. The number of nitrogens with zero attached hydrogens (tertiary/aromatic N) is 1. The SMILES string of the molecule is NC1CCN(Cc2csc(=O)[nH]2)C1=O. The van der Waals surface area contributed by atoms with E-state index in [0.717, 1.165) is 17.0 Å². The molecule has 5 nitrogen and oxygen atoms in total. The maximum atomic E-state index is 11.4. The van der Waals surface area contributed by atoms with E-state index in [-0.39, 0.29) is 16.8 Å². The number of rotatable bonds is 2. The molecule has 1 fully saturated rings. The summed E-state index contributed by atoms with van der Waals surface area (Å²) >= 11 is 1.11. The molecule has 0 bridgehead atoms. The summed E-state index contributed by atoms with van der Waals surface area (Å²) in [7, 11) is 0. The summed E-state index contributed by atoms with van der Waals surface area (Å²) in [5.41, 5.74) is 6.35. The lowest BCUT2D eigenvalue weighted by Crippen LogP contribution is -2.33. The number of nitrogens with one attached hydrogen (secondary N) is 1. The predicted octanol–water partition coefficient (Wildman–Crippen LogP) is -0.504. The molecule has 0 radical (unpaired) electrons. The Labute approximate surface area is 84.5 Å². The first-order valence-corrected chi connectivity index (χ1v) is 5.26. The van der Waals surface area contributed by atoms with E-state index in [1.807, 2.05) is 0 Å². The summed E-state index contributed by atoms with van der Waals surface area (Å²) < 4.78 is 0. The first kappa shape index (κ1) is 9.42. The average Bonchev–Trinajstić information content (AvgIpc) is 2.67. The van der Waals surface area contributed by atoms with Gasteiger partial charge in [0, 0.05) is 17.6 Å². The Hall–Kier alpha value is -1.14. The molecule has 1 saturated heterocycles. The number of carbonyl (C=O) groups excluding carboxylic acids is 1. The molecule has 1 amide bonds. The number of aromatic amines is 1. The van der Waals surface area contributed by atoms with Gasteiger partial charge in [0.15, 0.2) is 0 Å². The number of amides is 1. The van der Waals surface area contributed by atoms with E-state index in [9.17, 15) is 9.59 Å². The lowest BCUT2D eigenvalue weighted by molar-refractivity contribution is -0.129. The smallest absolute Gasteiger partial charge is 0.304 e. The molecule has 1 aromatic rings. The van der Waals surface area contributed by atoms with Crippen LogP contribution in [-0.4, -0.2) is 28.4 Å². The number of aromatic nitrogens is 1. The quantitative estimate of drug-likeness (QED) is 0.695. The minimum atomic E-state index is -0.361. The molecule has 1 aliphatic heterocycles. The molecule has 0 aliphatic carbocycles. The van der Waals surface area contributed by atoms with Gasteiger partial charge in [0.2, 0.25) is 5.91 Å². The zero-order chi connectivity index (χ0) is 10.1. The van der Waals surface area contributed by atoms with Crippen molar-refractivity contribution in [3.8, 4) is 0 Å². The molecular formula is C8H11N3O2S. The maximum Gasteiger partial charge on any atom is 0.304 e. The van der Waals surface area contributed by atoms with Crippen LogP contribution in [0.4, 0.5) is 0 Å². The van der Waals surface area contributed by atoms with Crippen LogP contribution in [0.15, 0.2) is 10.2 Å². The molecule has 3 N–H and O–H groups in total. The van der Waals surface area contributed by atoms with E-state index in [4.69, 9.17) is 5.73 Å². The minimum absolute atomic E-state index is 0.0305. The largest absolute Gasteiger partial charge is 0.335 e. The van der Waals surface area contributed by atoms with E-state index < -0.39 is 0 Å². The van der Waals surface area contributed by atoms with Crippen LogP contribution in [0.2, 0.25) is 0 Å². The Bertz CT molecular complexity index is 397. The Kier molecular flexibility index (Phi) is 2.39. The standard InChI is InChI=1S/C8H11N3O2S/c9-6-1-2-11(7(6)12)3-5-4-14-8(13)10-5/h4,6H,1-3,9H2,(H,10,13). The summed E-state index contributed by atoms with van der Waals surface area (Å²) in [5, 5.41) is 1.74. The number of thiazole rings is 1. The molecule has 1 atom stereocenters. The van der Waals surface area contributed by atoms with Gasteiger partial charge in [-0.15, -0.1) is 0 Å². The third-order valence-electron chi connectivity index (χ3n) is 2.27. The van der Waals surface area contributed by atoms with Crippen molar-refractivity contribution in [2.75, 3.05) is 6.54 Å². The summed E-state index contributed by atoms with van der Waals surface area (Å²) in [6.07, 6.45) is 0.702. The zero-order valence-corrected chi connectivity index (χ0v) is 8.34. The molecule has 14 heavy (non-hydrogen) atoms. The van der Waals surface area contributed by atoms with Crippen LogP contribution in [0, 0.1) is 0 Å². The molecule has 1 aliphatic rings. The Morgan fingerprint density at radius 1 is 1.64 bits per heavy atom. The number of nitrogens with two attached hydrogens (primary N) is 1. The molecule has 0 spiro atoms. The lowest BCUT2D eigenvalue weighted by atomic mass is 10.3. The van der Waals surface area contributed by atoms with Crippen molar-refractivity contribution in [1.29, 1.82) is 0 Å². The second kappa shape index (κ2) is 3.55. The Morgan fingerprint density at radius 3 is 2.93 bits per heavy atom. The fraction of sp³-hybridized carbons (Fsp3) is 0.500. The molecule has 6 heteroatoms. The van der Waals surface area contributed by atoms with Gasteiger partial charge in [0.25, 0.3) is 0 Å². The van der Waals surface area contributed by atoms with Gasteiger partial charge in [0.1, 0.15) is 0 Å². The van der Waals surface area contributed by atoms with Crippen molar-refractivity contribution in [2.45, 2.75) is 19.0 Å². The van der Waals surface area contributed by atoms with Crippen LogP contribution < -0.4 is 10.6 Å². The van der Waals surface area contributed by atoms with Crippen molar-refractivity contribution in [3.05, 3.63) is 20.7 Å². The molecular weight excluding hydrogens is 202 g/mol. The highest BCUT2D eigenvalue weighted by Crippen LogP contribution is 2.12. The van der Waals surface area contributed by atoms with Crippen molar-refractivity contribution in [2.24, 2.45) is 5.73 Å². The van der Waals surface area contributed by atoms with Crippen LogP contribution >= 0.6 is 11.3 Å². The summed E-state index contributed by atoms with van der Waals surface area (Å²) in [6.45, 7) is 1.14. The molecule has 1 unspecified atom stereocenters. The van der Waals surface area contributed by atoms with Gasteiger partial charge in [-0.3, -0.25) is 9.59 Å². The van der Waals surface area contributed by atoms with Crippen LogP contribution in [0.25, 0.3) is 0 Å². The maximum absolute atomic E-state index is 11.4. The highest BCUT2D eigenvalue weighted by molar-refractivity contribution is 7.07. The van der Waals surface area contributed by atoms with Crippen molar-refractivity contribution in [3.63, 3.8) is 0 Å². The number of carbonyl (C=O) groups is 1. The van der Waals surface area contributed by atoms with Crippen molar-refractivity contribution >= 4 is 17.2 Å². The van der Waals surface area contributed by atoms with Gasteiger partial charge in [0.05, 0.1) is 12.6 Å². The second-order valence-electron chi connectivity index (χ2n) is 3.33. The van der Waals surface area contributed by atoms with Gasteiger partial charge in [-0.05, 0) is 6.42 Å². The summed E-state index contributed by atoms with van der Waals surface area (Å²) in [5.74, 6) is -0.0305. The monoisotopic (exact) mass is 213 g/mol. The molecule has 76 valence electrons. The van der Waals surface area contributed by atoms with E-state index >= 15 is 0 Å². The molecule has 0 saturated carbocycles. The average molecular weight is 213 g/mol.